The SMILES string of the molecule is O=S(=O)(c1ccccc1)n1cc(-c2cccnc2F)c2ccccc21. The first-order chi connectivity index (χ1) is 12.1. The Morgan fingerprint density at radius 2 is 1.56 bits per heavy atom. The fourth-order valence-electron chi connectivity index (χ4n) is 2.86. The summed E-state index contributed by atoms with van der Waals surface area (Å²) in [5.74, 6) is -0.637. The molecule has 0 spiro atoms. The minimum atomic E-state index is -3.79. The molecule has 0 aliphatic carbocycles. The summed E-state index contributed by atoms with van der Waals surface area (Å²) in [5.41, 5.74) is 1.24. The van der Waals surface area contributed by atoms with Crippen molar-refractivity contribution in [3.05, 3.63) is 85.1 Å². The van der Waals surface area contributed by atoms with Crippen LogP contribution in [0.1, 0.15) is 0 Å². The van der Waals surface area contributed by atoms with Gasteiger partial charge in [-0.25, -0.2) is 17.4 Å². The summed E-state index contributed by atoms with van der Waals surface area (Å²) in [6.07, 6.45) is 2.81. The van der Waals surface area contributed by atoms with Crippen LogP contribution in [0.4, 0.5) is 4.39 Å². The van der Waals surface area contributed by atoms with Gasteiger partial charge in [-0.1, -0.05) is 36.4 Å². The molecule has 124 valence electrons. The molecule has 4 aromatic rings. The topological polar surface area (TPSA) is 52.0 Å². The molecule has 0 saturated heterocycles. The number of benzene rings is 2. The Balaban J connectivity index is 2.03. The third-order valence-corrected chi connectivity index (χ3v) is 5.72. The molecule has 25 heavy (non-hydrogen) atoms. The van der Waals surface area contributed by atoms with E-state index in [1.807, 2.05) is 0 Å². The Hall–Kier alpha value is -2.99. The van der Waals surface area contributed by atoms with E-state index >= 15 is 0 Å². The standard InChI is InChI=1S/C19H13FN2O2S/c20-19-16(10-6-12-21-19)17-13-22(18-11-5-4-9-15(17)18)25(23,24)14-7-2-1-3-8-14/h1-13H. The summed E-state index contributed by atoms with van der Waals surface area (Å²) in [7, 11) is -3.79. The maximum absolute atomic E-state index is 14.2. The summed E-state index contributed by atoms with van der Waals surface area (Å²) < 4.78 is 41.4. The first kappa shape index (κ1) is 15.5. The second-order valence-corrected chi connectivity index (χ2v) is 7.33. The zero-order valence-corrected chi connectivity index (χ0v) is 13.8. The lowest BCUT2D eigenvalue weighted by Crippen LogP contribution is -2.11. The van der Waals surface area contributed by atoms with E-state index in [-0.39, 0.29) is 10.5 Å². The van der Waals surface area contributed by atoms with Gasteiger partial charge in [0.2, 0.25) is 5.95 Å². The predicted molar refractivity (Wildman–Crippen MR) is 94.2 cm³/mol. The molecule has 0 radical (unpaired) electrons. The highest BCUT2D eigenvalue weighted by Gasteiger charge is 2.22. The fourth-order valence-corrected chi connectivity index (χ4v) is 4.25. The number of hydrogen-bond acceptors (Lipinski definition) is 3. The molecule has 0 fully saturated rings. The summed E-state index contributed by atoms with van der Waals surface area (Å²) in [6, 6.07) is 18.4. The second kappa shape index (κ2) is 5.82. The van der Waals surface area contributed by atoms with Crippen molar-refractivity contribution in [3.8, 4) is 11.1 Å². The quantitative estimate of drug-likeness (QED) is 0.522. The molecule has 0 aliphatic heterocycles. The number of aromatic nitrogens is 2. The lowest BCUT2D eigenvalue weighted by atomic mass is 10.1. The second-order valence-electron chi connectivity index (χ2n) is 5.52. The predicted octanol–water partition coefficient (Wildman–Crippen LogP) is 4.08. The number of fused-ring (bicyclic) bond motifs is 1. The number of nitrogens with zero attached hydrogens (tertiary/aromatic N) is 2. The van der Waals surface area contributed by atoms with Crippen molar-refractivity contribution in [1.82, 2.24) is 8.96 Å². The molecule has 0 unspecified atom stereocenters. The van der Waals surface area contributed by atoms with Gasteiger partial charge in [-0.05, 0) is 30.3 Å². The monoisotopic (exact) mass is 352 g/mol. The molecule has 0 bridgehead atoms. The molecule has 4 nitrogen and oxygen atoms in total. The van der Waals surface area contributed by atoms with Crippen LogP contribution in [0.15, 0.2) is 84.0 Å². The molecule has 0 amide bonds. The smallest absolute Gasteiger partial charge is 0.241 e. The van der Waals surface area contributed by atoms with Gasteiger partial charge >= 0.3 is 0 Å². The van der Waals surface area contributed by atoms with Gasteiger partial charge < -0.3 is 0 Å². The van der Waals surface area contributed by atoms with E-state index in [1.54, 1.807) is 54.6 Å². The Morgan fingerprint density at radius 1 is 0.840 bits per heavy atom. The van der Waals surface area contributed by atoms with Crippen molar-refractivity contribution < 1.29 is 12.8 Å². The molecular weight excluding hydrogens is 339 g/mol. The van der Waals surface area contributed by atoms with E-state index in [2.05, 4.69) is 4.98 Å². The Bertz CT molecular complexity index is 1170. The largest absolute Gasteiger partial charge is 0.268 e. The van der Waals surface area contributed by atoms with Crippen LogP contribution < -0.4 is 0 Å². The van der Waals surface area contributed by atoms with Crippen molar-refractivity contribution in [2.45, 2.75) is 4.90 Å². The Labute approximate surface area is 144 Å². The molecular formula is C19H13FN2O2S. The number of pyridine rings is 1. The molecule has 0 N–H and O–H groups in total. The van der Waals surface area contributed by atoms with Gasteiger partial charge in [-0.3, -0.25) is 0 Å². The summed E-state index contributed by atoms with van der Waals surface area (Å²) in [6.45, 7) is 0. The van der Waals surface area contributed by atoms with Gasteiger partial charge in [-0.15, -0.1) is 0 Å². The van der Waals surface area contributed by atoms with Crippen molar-refractivity contribution in [2.75, 3.05) is 0 Å². The molecule has 6 heteroatoms. The summed E-state index contributed by atoms with van der Waals surface area (Å²) in [4.78, 5) is 3.84. The maximum atomic E-state index is 14.2. The van der Waals surface area contributed by atoms with Crippen LogP contribution in [-0.4, -0.2) is 17.4 Å². The van der Waals surface area contributed by atoms with Gasteiger partial charge in [0.15, 0.2) is 0 Å². The maximum Gasteiger partial charge on any atom is 0.268 e. The molecule has 0 aliphatic rings. The zero-order chi connectivity index (χ0) is 17.4. The van der Waals surface area contributed by atoms with E-state index in [4.69, 9.17) is 0 Å². The molecule has 0 atom stereocenters. The van der Waals surface area contributed by atoms with Crippen molar-refractivity contribution >= 4 is 20.9 Å². The van der Waals surface area contributed by atoms with Gasteiger partial charge in [0.25, 0.3) is 10.0 Å². The van der Waals surface area contributed by atoms with E-state index in [1.165, 1.54) is 28.5 Å². The van der Waals surface area contributed by atoms with Crippen LogP contribution in [-0.2, 0) is 10.0 Å². The van der Waals surface area contributed by atoms with Crippen LogP contribution >= 0.6 is 0 Å². The van der Waals surface area contributed by atoms with E-state index in [0.717, 1.165) is 0 Å². The molecule has 0 saturated carbocycles. The zero-order valence-electron chi connectivity index (χ0n) is 13.0. The van der Waals surface area contributed by atoms with E-state index in [0.29, 0.717) is 16.5 Å². The van der Waals surface area contributed by atoms with E-state index < -0.39 is 16.0 Å². The molecule has 2 heterocycles. The normalized spacial score (nSPS) is 11.7. The number of halogens is 1. The highest BCUT2D eigenvalue weighted by atomic mass is 32.2. The van der Waals surface area contributed by atoms with Gasteiger partial charge in [0.1, 0.15) is 0 Å². The summed E-state index contributed by atoms with van der Waals surface area (Å²) >= 11 is 0. The van der Waals surface area contributed by atoms with Gasteiger partial charge in [0.05, 0.1) is 10.4 Å². The Morgan fingerprint density at radius 3 is 2.32 bits per heavy atom. The first-order valence-corrected chi connectivity index (χ1v) is 9.04. The van der Waals surface area contributed by atoms with Gasteiger partial charge in [-0.2, -0.15) is 4.39 Å². The minimum absolute atomic E-state index is 0.175. The van der Waals surface area contributed by atoms with Crippen molar-refractivity contribution in [3.63, 3.8) is 0 Å². The van der Waals surface area contributed by atoms with Crippen LogP contribution in [0.2, 0.25) is 0 Å². The first-order valence-electron chi connectivity index (χ1n) is 7.60. The lowest BCUT2D eigenvalue weighted by Gasteiger charge is -2.07. The van der Waals surface area contributed by atoms with Crippen molar-refractivity contribution in [1.29, 1.82) is 0 Å². The highest BCUT2D eigenvalue weighted by molar-refractivity contribution is 7.90. The summed E-state index contributed by atoms with van der Waals surface area (Å²) in [5, 5.41) is 0.647. The number of rotatable bonds is 3. The number of para-hydroxylation sites is 1. The van der Waals surface area contributed by atoms with Crippen LogP contribution in [0.25, 0.3) is 22.0 Å². The fraction of sp³-hybridized carbons (Fsp3) is 0. The van der Waals surface area contributed by atoms with Gasteiger partial charge in [0, 0.05) is 28.9 Å². The highest BCUT2D eigenvalue weighted by Crippen LogP contribution is 2.33. The minimum Gasteiger partial charge on any atom is -0.241 e. The molecule has 2 aromatic carbocycles. The lowest BCUT2D eigenvalue weighted by molar-refractivity contribution is 0.586. The van der Waals surface area contributed by atoms with Crippen LogP contribution in [0.3, 0.4) is 0 Å². The van der Waals surface area contributed by atoms with Crippen molar-refractivity contribution in [2.24, 2.45) is 0 Å². The average Bonchev–Trinajstić information content (AvgIpc) is 3.03. The number of hydrogen-bond donors (Lipinski definition) is 0. The van der Waals surface area contributed by atoms with Crippen LogP contribution in [0.5, 0.6) is 0 Å². The average molecular weight is 352 g/mol. The van der Waals surface area contributed by atoms with Crippen LogP contribution in [0, 0.1) is 5.95 Å². The molecule has 2 aromatic heterocycles. The third kappa shape index (κ3) is 2.51. The van der Waals surface area contributed by atoms with E-state index in [9.17, 15) is 12.8 Å². The molecule has 4 rings (SSSR count). The third-order valence-electron chi connectivity index (χ3n) is 4.03. The Kier molecular flexibility index (Phi) is 3.62.